The predicted octanol–water partition coefficient (Wildman–Crippen LogP) is 8.52. The molecule has 0 N–H and O–H groups in total. The predicted molar refractivity (Wildman–Crippen MR) is 121 cm³/mol. The maximum Gasteiger partial charge on any atom is 0 e. The van der Waals surface area contributed by atoms with Crippen LogP contribution in [0.25, 0.3) is 16.8 Å². The van der Waals surface area contributed by atoms with Gasteiger partial charge in [-0.1, -0.05) is 65.8 Å². The molecule has 0 bridgehead atoms. The highest BCUT2D eigenvalue weighted by Crippen LogP contribution is 2.33. The molecule has 0 radical (unpaired) electrons. The van der Waals surface area contributed by atoms with E-state index in [1.165, 1.54) is 49.7 Å². The number of fused-ring (bicyclic) bond motifs is 2. The van der Waals surface area contributed by atoms with Crippen LogP contribution in [0.2, 0.25) is 0 Å². The maximum atomic E-state index is 4.08. The van der Waals surface area contributed by atoms with Crippen LogP contribution < -0.4 is 0 Å². The molecule has 3 rings (SSSR count). The summed E-state index contributed by atoms with van der Waals surface area (Å²) >= 11 is 0. The second-order valence-corrected chi connectivity index (χ2v) is 5.76. The molecule has 0 aromatic heterocycles. The number of hydrogen-bond acceptors (Lipinski definition) is 0. The van der Waals surface area contributed by atoms with Gasteiger partial charge < -0.3 is 0 Å². The molecule has 0 heteroatoms. The molecule has 1 aliphatic rings. The van der Waals surface area contributed by atoms with Crippen molar-refractivity contribution in [1.29, 1.82) is 0 Å². The molecule has 2 aromatic carbocycles. The lowest BCUT2D eigenvalue weighted by Crippen LogP contribution is -2.00. The van der Waals surface area contributed by atoms with Gasteiger partial charge in [0.15, 0.2) is 0 Å². The van der Waals surface area contributed by atoms with Crippen LogP contribution in [0, 0.1) is 27.7 Å². The third-order valence-corrected chi connectivity index (χ3v) is 4.69. The molecule has 1 aliphatic carbocycles. The van der Waals surface area contributed by atoms with E-state index in [1.54, 1.807) is 0 Å². The van der Waals surface area contributed by atoms with Crippen LogP contribution in [0.5, 0.6) is 0 Å². The highest BCUT2D eigenvalue weighted by Gasteiger charge is 2.13. The van der Waals surface area contributed by atoms with E-state index in [4.69, 9.17) is 0 Å². The molecule has 0 fully saturated rings. The van der Waals surface area contributed by atoms with E-state index in [0.717, 1.165) is 6.42 Å². The zero-order valence-electron chi connectivity index (χ0n) is 18.2. The van der Waals surface area contributed by atoms with E-state index in [2.05, 4.69) is 58.6 Å². The molecule has 140 valence electrons. The van der Waals surface area contributed by atoms with Crippen molar-refractivity contribution in [2.24, 2.45) is 0 Å². The number of benzene rings is 2. The summed E-state index contributed by atoms with van der Waals surface area (Å²) in [6, 6.07) is 4.72. The van der Waals surface area contributed by atoms with E-state index in [-0.39, 0.29) is 1.43 Å². The first-order valence-corrected chi connectivity index (χ1v) is 9.88. The Hall–Kier alpha value is -1.82. The first-order valence-electron chi connectivity index (χ1n) is 9.88. The van der Waals surface area contributed by atoms with Gasteiger partial charge in [0.1, 0.15) is 0 Å². The van der Waals surface area contributed by atoms with Crippen LogP contribution in [-0.4, -0.2) is 0 Å². The fraction of sp³-hybridized carbons (Fsp3) is 0.440. The van der Waals surface area contributed by atoms with Gasteiger partial charge in [-0.05, 0) is 90.4 Å². The summed E-state index contributed by atoms with van der Waals surface area (Å²) in [4.78, 5) is 0. The quantitative estimate of drug-likeness (QED) is 0.450. The minimum Gasteiger partial charge on any atom is -0.0955 e. The van der Waals surface area contributed by atoms with Crippen molar-refractivity contribution in [1.82, 2.24) is 0 Å². The van der Waals surface area contributed by atoms with Gasteiger partial charge in [0, 0.05) is 1.43 Å². The monoisotopic (exact) mass is 341 g/mol. The SMILES string of the molecule is C=C1C=Cc2cc3c(C)c(C)c(C)c(C)c3cc2C1.CC.CC.CC.[2HH]. The smallest absolute Gasteiger partial charge is 0 e. The number of aryl methyl sites for hydroxylation is 2. The fourth-order valence-corrected chi connectivity index (χ4v) is 3.07. The van der Waals surface area contributed by atoms with Crippen molar-refractivity contribution in [3.63, 3.8) is 0 Å². The first kappa shape index (κ1) is 23.2. The first-order chi connectivity index (χ1) is 12.0. The van der Waals surface area contributed by atoms with E-state index < -0.39 is 0 Å². The van der Waals surface area contributed by atoms with Gasteiger partial charge in [-0.25, -0.2) is 0 Å². The summed E-state index contributed by atoms with van der Waals surface area (Å²) in [6.07, 6.45) is 5.31. The second kappa shape index (κ2) is 10.9. The Balaban J connectivity index is 0. The lowest BCUT2D eigenvalue weighted by Gasteiger charge is -2.19. The molecule has 0 aliphatic heterocycles. The molecule has 0 unspecified atom stereocenters. The lowest BCUT2D eigenvalue weighted by molar-refractivity contribution is 1.18. The van der Waals surface area contributed by atoms with Crippen LogP contribution in [0.15, 0.2) is 30.4 Å². The highest BCUT2D eigenvalue weighted by molar-refractivity contribution is 5.93. The Morgan fingerprint density at radius 2 is 1.12 bits per heavy atom. The molecule has 0 amide bonds. The van der Waals surface area contributed by atoms with Gasteiger partial charge in [-0.3, -0.25) is 0 Å². The fourth-order valence-electron chi connectivity index (χ4n) is 3.07. The van der Waals surface area contributed by atoms with Gasteiger partial charge in [0.2, 0.25) is 0 Å². The number of allylic oxidation sites excluding steroid dienone is 2. The standard InChI is InChI=1S/C19H20.3C2H6.H2/c1-11-6-7-16-9-18-14(4)12(2)13(3)15(5)19(18)10-17(16)8-11;3*1-2;/h6-7,9-10H,1,8H2,2-5H3;3*1-2H3;1H/i;;;;1+1. The molecule has 0 spiro atoms. The van der Waals surface area contributed by atoms with Crippen LogP contribution >= 0.6 is 0 Å². The highest BCUT2D eigenvalue weighted by atomic mass is 14.2. The van der Waals surface area contributed by atoms with Gasteiger partial charge in [0.25, 0.3) is 0 Å². The molecular formula is C25H40. The molecule has 0 saturated heterocycles. The van der Waals surface area contributed by atoms with E-state index in [1.807, 2.05) is 41.5 Å². The minimum absolute atomic E-state index is 0. The van der Waals surface area contributed by atoms with Crippen molar-refractivity contribution < 1.29 is 1.43 Å². The average molecular weight is 342 g/mol. The Labute approximate surface area is 158 Å². The number of hydrogen-bond donors (Lipinski definition) is 0. The van der Waals surface area contributed by atoms with Crippen molar-refractivity contribution >= 4 is 16.8 Å². The van der Waals surface area contributed by atoms with Crippen molar-refractivity contribution in [3.05, 3.63) is 63.7 Å². The van der Waals surface area contributed by atoms with Crippen LogP contribution in [-0.2, 0) is 6.42 Å². The van der Waals surface area contributed by atoms with Crippen LogP contribution in [0.3, 0.4) is 0 Å². The summed E-state index contributed by atoms with van der Waals surface area (Å²) in [5.74, 6) is 0. The lowest BCUT2D eigenvalue weighted by atomic mass is 9.86. The molecule has 2 aromatic rings. The van der Waals surface area contributed by atoms with Crippen molar-refractivity contribution in [2.75, 3.05) is 0 Å². The topological polar surface area (TPSA) is 0 Å². The normalized spacial score (nSPS) is 11.4. The molecule has 0 atom stereocenters. The molecule has 0 saturated carbocycles. The summed E-state index contributed by atoms with van der Waals surface area (Å²) in [6.45, 7) is 25.0. The molecule has 0 heterocycles. The van der Waals surface area contributed by atoms with E-state index in [9.17, 15) is 0 Å². The molecule has 0 nitrogen and oxygen atoms in total. The van der Waals surface area contributed by atoms with Gasteiger partial charge in [-0.15, -0.1) is 0 Å². The Bertz CT molecular complexity index is 749. The largest absolute Gasteiger partial charge is 0.0955 e. The van der Waals surface area contributed by atoms with Crippen molar-refractivity contribution in [2.45, 2.75) is 75.7 Å². The summed E-state index contributed by atoms with van der Waals surface area (Å²) in [5, 5.41) is 2.80. The summed E-state index contributed by atoms with van der Waals surface area (Å²) in [5.41, 5.74) is 9.64. The third-order valence-electron chi connectivity index (χ3n) is 4.69. The number of rotatable bonds is 0. The summed E-state index contributed by atoms with van der Waals surface area (Å²) < 4.78 is 0. The van der Waals surface area contributed by atoms with Crippen LogP contribution in [0.1, 0.15) is 76.3 Å². The Kier molecular flexibility index (Phi) is 10.1. The van der Waals surface area contributed by atoms with Crippen molar-refractivity contribution in [3.8, 4) is 0 Å². The Morgan fingerprint density at radius 3 is 1.60 bits per heavy atom. The van der Waals surface area contributed by atoms with E-state index in [0.29, 0.717) is 0 Å². The Morgan fingerprint density at radius 1 is 0.680 bits per heavy atom. The average Bonchev–Trinajstić information content (AvgIpc) is 2.68. The van der Waals surface area contributed by atoms with Gasteiger partial charge >= 0.3 is 0 Å². The third kappa shape index (κ3) is 4.84. The zero-order chi connectivity index (χ0) is 19.7. The maximum absolute atomic E-state index is 4.08. The minimum atomic E-state index is 0. The summed E-state index contributed by atoms with van der Waals surface area (Å²) in [7, 11) is 0. The molecule has 25 heavy (non-hydrogen) atoms. The molecular weight excluding hydrogens is 300 g/mol. The second-order valence-electron chi connectivity index (χ2n) is 5.76. The van der Waals surface area contributed by atoms with E-state index >= 15 is 0 Å². The van der Waals surface area contributed by atoms with Gasteiger partial charge in [-0.2, -0.15) is 0 Å². The van der Waals surface area contributed by atoms with Gasteiger partial charge in [0.05, 0.1) is 0 Å². The van der Waals surface area contributed by atoms with Crippen LogP contribution in [0.4, 0.5) is 0 Å². The zero-order valence-corrected chi connectivity index (χ0v) is 18.2.